The highest BCUT2D eigenvalue weighted by Gasteiger charge is 2.30. The Morgan fingerprint density at radius 1 is 1.33 bits per heavy atom. The second-order valence-corrected chi connectivity index (χ2v) is 7.38. The molecule has 2 aromatic rings. The highest BCUT2D eigenvalue weighted by atomic mass is 19.4. The minimum Gasteiger partial charge on any atom is -0.493 e. The molecule has 0 bridgehead atoms. The maximum atomic E-state index is 12.6. The van der Waals surface area contributed by atoms with Gasteiger partial charge < -0.3 is 19.3 Å². The van der Waals surface area contributed by atoms with Crippen molar-refractivity contribution in [2.45, 2.75) is 18.7 Å². The molecule has 1 atom stereocenters. The van der Waals surface area contributed by atoms with Crippen molar-refractivity contribution < 1.29 is 27.4 Å². The van der Waals surface area contributed by atoms with E-state index in [0.29, 0.717) is 44.1 Å². The monoisotopic (exact) mass is 426 g/mol. The molecule has 1 aliphatic heterocycles. The molecule has 3 rings (SSSR count). The van der Waals surface area contributed by atoms with Crippen molar-refractivity contribution in [1.82, 2.24) is 20.0 Å². The highest BCUT2D eigenvalue weighted by Crippen LogP contribution is 2.30. The Hall–Kier alpha value is -2.59. The first kappa shape index (κ1) is 22.1. The normalized spacial score (nSPS) is 17.4. The Morgan fingerprint density at radius 2 is 2.07 bits per heavy atom. The van der Waals surface area contributed by atoms with E-state index in [0.717, 1.165) is 17.8 Å². The van der Waals surface area contributed by atoms with Crippen LogP contribution >= 0.6 is 0 Å². The summed E-state index contributed by atoms with van der Waals surface area (Å²) in [7, 11) is 3.70. The van der Waals surface area contributed by atoms with Gasteiger partial charge >= 0.3 is 6.18 Å². The third-order valence-electron chi connectivity index (χ3n) is 4.67. The van der Waals surface area contributed by atoms with Gasteiger partial charge in [-0.2, -0.15) is 18.3 Å². The Kier molecular flexibility index (Phi) is 6.99. The molecule has 1 unspecified atom stereocenters. The number of aromatic amines is 1. The Morgan fingerprint density at radius 3 is 2.73 bits per heavy atom. The summed E-state index contributed by atoms with van der Waals surface area (Å²) in [4.78, 5) is 15.9. The summed E-state index contributed by atoms with van der Waals surface area (Å²) < 4.78 is 49.0. The molecule has 1 aromatic heterocycles. The van der Waals surface area contributed by atoms with E-state index < -0.39 is 11.7 Å². The number of ether oxygens (including phenoxy) is 2. The largest absolute Gasteiger partial charge is 0.493 e. The van der Waals surface area contributed by atoms with Crippen LogP contribution in [0.5, 0.6) is 5.75 Å². The first-order chi connectivity index (χ1) is 14.2. The van der Waals surface area contributed by atoms with Crippen molar-refractivity contribution in [3.8, 4) is 5.75 Å². The van der Waals surface area contributed by atoms with Gasteiger partial charge in [-0.15, -0.1) is 0 Å². The number of halogens is 3. The number of alkyl halides is 3. The minimum absolute atomic E-state index is 0.0500. The van der Waals surface area contributed by atoms with Crippen molar-refractivity contribution in [3.63, 3.8) is 0 Å². The van der Waals surface area contributed by atoms with Crippen LogP contribution in [0.25, 0.3) is 0 Å². The van der Waals surface area contributed by atoms with E-state index in [-0.39, 0.29) is 18.6 Å². The maximum absolute atomic E-state index is 12.6. The van der Waals surface area contributed by atoms with Gasteiger partial charge in [0, 0.05) is 18.7 Å². The smallest absolute Gasteiger partial charge is 0.416 e. The molecule has 2 heterocycles. The molecule has 1 aromatic carbocycles. The second-order valence-electron chi connectivity index (χ2n) is 7.38. The number of hydrogen-bond acceptors (Lipinski definition) is 5. The van der Waals surface area contributed by atoms with Crippen LogP contribution in [0.2, 0.25) is 0 Å². The van der Waals surface area contributed by atoms with Crippen molar-refractivity contribution in [1.29, 1.82) is 0 Å². The number of rotatable bonds is 7. The van der Waals surface area contributed by atoms with Crippen molar-refractivity contribution in [3.05, 3.63) is 47.3 Å². The molecule has 0 saturated carbocycles. The summed E-state index contributed by atoms with van der Waals surface area (Å²) in [6, 6.07) is 6.45. The summed E-state index contributed by atoms with van der Waals surface area (Å²) >= 11 is 0. The Balaban J connectivity index is 1.49. The molecule has 1 saturated heterocycles. The van der Waals surface area contributed by atoms with Crippen LogP contribution in [0.3, 0.4) is 0 Å². The van der Waals surface area contributed by atoms with Crippen LogP contribution in [0, 0.1) is 0 Å². The van der Waals surface area contributed by atoms with Gasteiger partial charge in [0.05, 0.1) is 37.6 Å². The number of carbonyl (C=O) groups is 1. The molecule has 10 heteroatoms. The summed E-state index contributed by atoms with van der Waals surface area (Å²) in [6.45, 7) is 2.08. The maximum Gasteiger partial charge on any atom is 0.416 e. The summed E-state index contributed by atoms with van der Waals surface area (Å²) in [5, 5.41) is 7.20. The molecule has 0 radical (unpaired) electrons. The van der Waals surface area contributed by atoms with Gasteiger partial charge in [0.1, 0.15) is 11.9 Å². The minimum atomic E-state index is -4.36. The average Bonchev–Trinajstić information content (AvgIpc) is 3.16. The molecule has 7 nitrogen and oxygen atoms in total. The molecule has 1 amide bonds. The lowest BCUT2D eigenvalue weighted by molar-refractivity contribution is -0.140. The third kappa shape index (κ3) is 5.96. The number of H-pyrrole nitrogens is 1. The topological polar surface area (TPSA) is 70.7 Å². The summed E-state index contributed by atoms with van der Waals surface area (Å²) in [6.07, 6.45) is -4.16. The van der Waals surface area contributed by atoms with Gasteiger partial charge in [0.2, 0.25) is 5.91 Å². The van der Waals surface area contributed by atoms with E-state index in [9.17, 15) is 18.0 Å². The van der Waals surface area contributed by atoms with Crippen LogP contribution in [-0.4, -0.2) is 72.8 Å². The van der Waals surface area contributed by atoms with Crippen LogP contribution < -0.4 is 4.74 Å². The molecule has 1 aliphatic rings. The SMILES string of the molecule is CN(C)CC(=O)N1CCOC(c2cc(CCOc3ccc(C(F)(F)F)cc3)[nH]n2)C1. The zero-order valence-corrected chi connectivity index (χ0v) is 16.9. The highest BCUT2D eigenvalue weighted by molar-refractivity contribution is 5.78. The van der Waals surface area contributed by atoms with Gasteiger partial charge in [0.25, 0.3) is 0 Å². The van der Waals surface area contributed by atoms with E-state index in [1.165, 1.54) is 12.1 Å². The lowest BCUT2D eigenvalue weighted by atomic mass is 10.2. The molecule has 1 fully saturated rings. The van der Waals surface area contributed by atoms with Crippen LogP contribution in [0.4, 0.5) is 13.2 Å². The van der Waals surface area contributed by atoms with E-state index in [1.54, 1.807) is 4.90 Å². The summed E-state index contributed by atoms with van der Waals surface area (Å²) in [5.74, 6) is 0.419. The zero-order chi connectivity index (χ0) is 21.7. The lowest BCUT2D eigenvalue weighted by Crippen LogP contribution is -2.45. The molecule has 0 aliphatic carbocycles. The molecule has 1 N–H and O–H groups in total. The van der Waals surface area contributed by atoms with E-state index in [2.05, 4.69) is 10.2 Å². The Bertz CT molecular complexity index is 837. The predicted molar refractivity (Wildman–Crippen MR) is 103 cm³/mol. The quantitative estimate of drug-likeness (QED) is 0.737. The van der Waals surface area contributed by atoms with Gasteiger partial charge in [-0.3, -0.25) is 9.89 Å². The van der Waals surface area contributed by atoms with Crippen LogP contribution in [-0.2, 0) is 22.1 Å². The van der Waals surface area contributed by atoms with Gasteiger partial charge in [-0.25, -0.2) is 0 Å². The number of hydrogen-bond donors (Lipinski definition) is 1. The van der Waals surface area contributed by atoms with Crippen molar-refractivity contribution >= 4 is 5.91 Å². The molecular weight excluding hydrogens is 401 g/mol. The standard InChI is InChI=1S/C20H25F3N4O3/c1-26(2)13-19(28)27-8-10-30-18(12-27)17-11-15(24-25-17)7-9-29-16-5-3-14(4-6-16)20(21,22)23/h3-6,11,18H,7-10,12-13H2,1-2H3,(H,24,25). The summed E-state index contributed by atoms with van der Waals surface area (Å²) in [5.41, 5.74) is 0.817. The van der Waals surface area contributed by atoms with Gasteiger partial charge in [-0.05, 0) is 44.4 Å². The first-order valence-corrected chi connectivity index (χ1v) is 9.60. The fourth-order valence-electron chi connectivity index (χ4n) is 3.12. The van der Waals surface area contributed by atoms with E-state index in [4.69, 9.17) is 9.47 Å². The molecular formula is C20H25F3N4O3. The van der Waals surface area contributed by atoms with Gasteiger partial charge in [-0.1, -0.05) is 0 Å². The number of likely N-dealkylation sites (N-methyl/N-ethyl adjacent to an activating group) is 1. The zero-order valence-electron chi connectivity index (χ0n) is 16.9. The number of nitrogens with zero attached hydrogens (tertiary/aromatic N) is 3. The lowest BCUT2D eigenvalue weighted by Gasteiger charge is -2.32. The number of nitrogens with one attached hydrogen (secondary N) is 1. The third-order valence-corrected chi connectivity index (χ3v) is 4.67. The van der Waals surface area contributed by atoms with Gasteiger partial charge in [0.15, 0.2) is 0 Å². The fraction of sp³-hybridized carbons (Fsp3) is 0.500. The number of aromatic nitrogens is 2. The van der Waals surface area contributed by atoms with Crippen LogP contribution in [0.1, 0.15) is 23.1 Å². The Labute approximate surface area is 172 Å². The predicted octanol–water partition coefficient (Wildman–Crippen LogP) is 2.51. The van der Waals surface area contributed by atoms with E-state index >= 15 is 0 Å². The molecule has 30 heavy (non-hydrogen) atoms. The van der Waals surface area contributed by atoms with E-state index in [1.807, 2.05) is 25.1 Å². The number of amides is 1. The number of benzene rings is 1. The molecule has 164 valence electrons. The van der Waals surface area contributed by atoms with Crippen LogP contribution in [0.15, 0.2) is 30.3 Å². The van der Waals surface area contributed by atoms with Crippen molar-refractivity contribution in [2.24, 2.45) is 0 Å². The molecule has 0 spiro atoms. The first-order valence-electron chi connectivity index (χ1n) is 9.60. The van der Waals surface area contributed by atoms with Crippen molar-refractivity contribution in [2.75, 3.05) is 46.9 Å². The number of morpholine rings is 1. The average molecular weight is 426 g/mol. The fourth-order valence-corrected chi connectivity index (χ4v) is 3.12. The second kappa shape index (κ2) is 9.48. The number of carbonyl (C=O) groups excluding carboxylic acids is 1.